The van der Waals surface area contributed by atoms with E-state index in [4.69, 9.17) is 9.47 Å². The predicted molar refractivity (Wildman–Crippen MR) is 108 cm³/mol. The SMILES string of the molecule is COc1ccc(C(=O)OCC(=O)N2CCC(C(=O)Nc3ccccc3)CC2)cc1. The number of nitrogens with one attached hydrogen (secondary N) is 1. The third kappa shape index (κ3) is 5.57. The van der Waals surface area contributed by atoms with Crippen LogP contribution in [-0.4, -0.2) is 49.5 Å². The highest BCUT2D eigenvalue weighted by atomic mass is 16.5. The van der Waals surface area contributed by atoms with Crippen molar-refractivity contribution in [2.45, 2.75) is 12.8 Å². The van der Waals surface area contributed by atoms with Gasteiger partial charge in [-0.15, -0.1) is 0 Å². The zero-order chi connectivity index (χ0) is 20.6. The number of rotatable bonds is 6. The Morgan fingerprint density at radius 1 is 1.00 bits per heavy atom. The third-order valence-electron chi connectivity index (χ3n) is 4.91. The van der Waals surface area contributed by atoms with E-state index in [1.165, 1.54) is 0 Å². The molecule has 1 N–H and O–H groups in total. The summed E-state index contributed by atoms with van der Waals surface area (Å²) in [5.41, 5.74) is 1.12. The quantitative estimate of drug-likeness (QED) is 0.759. The number of esters is 1. The minimum Gasteiger partial charge on any atom is -0.497 e. The molecule has 2 aromatic carbocycles. The van der Waals surface area contributed by atoms with Gasteiger partial charge in [-0.3, -0.25) is 9.59 Å². The highest BCUT2D eigenvalue weighted by Gasteiger charge is 2.27. The molecule has 1 saturated heterocycles. The number of anilines is 1. The van der Waals surface area contributed by atoms with E-state index in [9.17, 15) is 14.4 Å². The molecule has 29 heavy (non-hydrogen) atoms. The van der Waals surface area contributed by atoms with Crippen LogP contribution in [0, 0.1) is 5.92 Å². The molecular weight excluding hydrogens is 372 g/mol. The molecule has 0 unspecified atom stereocenters. The van der Waals surface area contributed by atoms with E-state index < -0.39 is 5.97 Å². The molecule has 1 fully saturated rings. The van der Waals surface area contributed by atoms with E-state index in [-0.39, 0.29) is 24.3 Å². The average Bonchev–Trinajstić information content (AvgIpc) is 2.78. The van der Waals surface area contributed by atoms with Crippen LogP contribution in [0.5, 0.6) is 5.75 Å². The normalized spacial score (nSPS) is 14.2. The van der Waals surface area contributed by atoms with Crippen LogP contribution in [0.25, 0.3) is 0 Å². The number of para-hydroxylation sites is 1. The van der Waals surface area contributed by atoms with Crippen LogP contribution in [0.2, 0.25) is 0 Å². The van der Waals surface area contributed by atoms with E-state index >= 15 is 0 Å². The second-order valence-electron chi connectivity index (χ2n) is 6.81. The number of methoxy groups -OCH3 is 1. The van der Waals surface area contributed by atoms with Gasteiger partial charge in [0.2, 0.25) is 5.91 Å². The summed E-state index contributed by atoms with van der Waals surface area (Å²) < 4.78 is 10.2. The molecule has 1 heterocycles. The van der Waals surface area contributed by atoms with Crippen molar-refractivity contribution in [2.24, 2.45) is 5.92 Å². The van der Waals surface area contributed by atoms with Gasteiger partial charge in [-0.05, 0) is 49.2 Å². The maximum atomic E-state index is 12.4. The topological polar surface area (TPSA) is 84.9 Å². The Labute approximate surface area is 169 Å². The molecule has 0 saturated carbocycles. The van der Waals surface area contributed by atoms with E-state index in [1.54, 1.807) is 36.3 Å². The van der Waals surface area contributed by atoms with Crippen molar-refractivity contribution in [3.8, 4) is 5.75 Å². The van der Waals surface area contributed by atoms with Gasteiger partial charge in [0.05, 0.1) is 12.7 Å². The number of nitrogens with zero attached hydrogens (tertiary/aromatic N) is 1. The highest BCUT2D eigenvalue weighted by Crippen LogP contribution is 2.20. The number of carbonyl (C=O) groups excluding carboxylic acids is 3. The summed E-state index contributed by atoms with van der Waals surface area (Å²) in [5.74, 6) is -0.348. The van der Waals surface area contributed by atoms with Crippen LogP contribution in [0.4, 0.5) is 5.69 Å². The molecule has 1 aliphatic heterocycles. The lowest BCUT2D eigenvalue weighted by Gasteiger charge is -2.31. The summed E-state index contributed by atoms with van der Waals surface area (Å²) in [7, 11) is 1.54. The summed E-state index contributed by atoms with van der Waals surface area (Å²) in [6, 6.07) is 15.8. The molecule has 0 aliphatic carbocycles. The first-order chi connectivity index (χ1) is 14.1. The second-order valence-corrected chi connectivity index (χ2v) is 6.81. The number of hydrogen-bond donors (Lipinski definition) is 1. The zero-order valence-electron chi connectivity index (χ0n) is 16.3. The maximum Gasteiger partial charge on any atom is 0.338 e. The van der Waals surface area contributed by atoms with Gasteiger partial charge < -0.3 is 19.7 Å². The van der Waals surface area contributed by atoms with Crippen molar-refractivity contribution in [3.63, 3.8) is 0 Å². The van der Waals surface area contributed by atoms with Crippen LogP contribution in [-0.2, 0) is 14.3 Å². The molecule has 7 heteroatoms. The predicted octanol–water partition coefficient (Wildman–Crippen LogP) is 2.73. The van der Waals surface area contributed by atoms with Crippen molar-refractivity contribution in [2.75, 3.05) is 32.1 Å². The van der Waals surface area contributed by atoms with Gasteiger partial charge in [0.1, 0.15) is 5.75 Å². The molecule has 0 atom stereocenters. The third-order valence-corrected chi connectivity index (χ3v) is 4.91. The van der Waals surface area contributed by atoms with Crippen molar-refractivity contribution < 1.29 is 23.9 Å². The minimum atomic E-state index is -0.557. The van der Waals surface area contributed by atoms with Crippen molar-refractivity contribution >= 4 is 23.5 Å². The molecule has 0 spiro atoms. The molecule has 152 valence electrons. The van der Waals surface area contributed by atoms with Crippen molar-refractivity contribution in [3.05, 3.63) is 60.2 Å². The van der Waals surface area contributed by atoms with E-state index in [0.717, 1.165) is 5.69 Å². The summed E-state index contributed by atoms with van der Waals surface area (Å²) in [5, 5.41) is 2.90. The molecule has 1 aliphatic rings. The monoisotopic (exact) mass is 396 g/mol. The van der Waals surface area contributed by atoms with E-state index in [0.29, 0.717) is 37.2 Å². The molecule has 0 bridgehead atoms. The average molecular weight is 396 g/mol. The lowest BCUT2D eigenvalue weighted by Crippen LogP contribution is -2.43. The van der Waals surface area contributed by atoms with Crippen molar-refractivity contribution in [1.82, 2.24) is 4.90 Å². The highest BCUT2D eigenvalue weighted by molar-refractivity contribution is 5.93. The summed E-state index contributed by atoms with van der Waals surface area (Å²) in [6.45, 7) is 0.614. The molecule has 0 radical (unpaired) electrons. The fourth-order valence-corrected chi connectivity index (χ4v) is 3.19. The van der Waals surface area contributed by atoms with Gasteiger partial charge in [-0.1, -0.05) is 18.2 Å². The number of likely N-dealkylation sites (tertiary alicyclic amines) is 1. The first-order valence-electron chi connectivity index (χ1n) is 9.51. The van der Waals surface area contributed by atoms with Crippen LogP contribution in [0.15, 0.2) is 54.6 Å². The standard InChI is InChI=1S/C22H24N2O5/c1-28-19-9-7-17(8-10-19)22(27)29-15-20(25)24-13-11-16(12-14-24)21(26)23-18-5-3-2-4-6-18/h2-10,16H,11-15H2,1H3,(H,23,26). The Morgan fingerprint density at radius 2 is 1.66 bits per heavy atom. The molecule has 2 amide bonds. The van der Waals surface area contributed by atoms with Gasteiger partial charge >= 0.3 is 5.97 Å². The van der Waals surface area contributed by atoms with Gasteiger partial charge in [-0.2, -0.15) is 0 Å². The number of carbonyl (C=O) groups is 3. The molecule has 2 aromatic rings. The first kappa shape index (κ1) is 20.4. The Morgan fingerprint density at radius 3 is 2.28 bits per heavy atom. The fraction of sp³-hybridized carbons (Fsp3) is 0.318. The minimum absolute atomic E-state index is 0.0331. The Hall–Kier alpha value is -3.35. The van der Waals surface area contributed by atoms with Crippen LogP contribution < -0.4 is 10.1 Å². The molecule has 7 nitrogen and oxygen atoms in total. The van der Waals surface area contributed by atoms with Crippen LogP contribution in [0.3, 0.4) is 0 Å². The molecule has 3 rings (SSSR count). The lowest BCUT2D eigenvalue weighted by atomic mass is 9.95. The number of amides is 2. The number of hydrogen-bond acceptors (Lipinski definition) is 5. The summed E-state index contributed by atoms with van der Waals surface area (Å²) >= 11 is 0. The Balaban J connectivity index is 1.42. The molecule has 0 aromatic heterocycles. The number of ether oxygens (including phenoxy) is 2. The van der Waals surface area contributed by atoms with Gasteiger partial charge in [0, 0.05) is 24.7 Å². The van der Waals surface area contributed by atoms with Gasteiger partial charge in [0.25, 0.3) is 5.91 Å². The van der Waals surface area contributed by atoms with Crippen LogP contribution >= 0.6 is 0 Å². The summed E-state index contributed by atoms with van der Waals surface area (Å²) in [6.07, 6.45) is 1.16. The van der Waals surface area contributed by atoms with E-state index in [1.807, 2.05) is 30.3 Å². The van der Waals surface area contributed by atoms with Gasteiger partial charge in [-0.25, -0.2) is 4.79 Å². The smallest absolute Gasteiger partial charge is 0.338 e. The fourth-order valence-electron chi connectivity index (χ4n) is 3.19. The second kappa shape index (κ2) is 9.73. The zero-order valence-corrected chi connectivity index (χ0v) is 16.3. The van der Waals surface area contributed by atoms with E-state index in [2.05, 4.69) is 5.32 Å². The Bertz CT molecular complexity index is 843. The maximum absolute atomic E-state index is 12.4. The number of benzene rings is 2. The lowest BCUT2D eigenvalue weighted by molar-refractivity contribution is -0.137. The molecular formula is C22H24N2O5. The van der Waals surface area contributed by atoms with Crippen molar-refractivity contribution in [1.29, 1.82) is 0 Å². The van der Waals surface area contributed by atoms with Crippen LogP contribution in [0.1, 0.15) is 23.2 Å². The summed E-state index contributed by atoms with van der Waals surface area (Å²) in [4.78, 5) is 38.4. The number of piperidine rings is 1. The first-order valence-corrected chi connectivity index (χ1v) is 9.51. The largest absolute Gasteiger partial charge is 0.497 e. The van der Waals surface area contributed by atoms with Gasteiger partial charge in [0.15, 0.2) is 6.61 Å². The Kier molecular flexibility index (Phi) is 6.84.